The van der Waals surface area contributed by atoms with Gasteiger partial charge in [-0.2, -0.15) is 10.5 Å². The Morgan fingerprint density at radius 1 is 1.27 bits per heavy atom. The largest absolute Gasteiger partial charge is 0.479 e. The molecular formula is C18H15N3O4S. The standard InChI is InChI=1S/C18H15N3O4S/c1-11-10-26-17(21-11)15(8-20)16(22)9-24-18(23)12(2)25-14-5-3-13(7-19)4-6-14/h3-6,10,12,15H,9H2,1-2H3/t12-,15-/m0/s1. The summed E-state index contributed by atoms with van der Waals surface area (Å²) >= 11 is 1.21. The monoisotopic (exact) mass is 369 g/mol. The van der Waals surface area contributed by atoms with Crippen LogP contribution in [-0.2, 0) is 14.3 Å². The number of nitriles is 2. The van der Waals surface area contributed by atoms with E-state index in [2.05, 4.69) is 4.98 Å². The fourth-order valence-corrected chi connectivity index (χ4v) is 2.83. The lowest BCUT2D eigenvalue weighted by Crippen LogP contribution is -2.29. The molecule has 2 atom stereocenters. The molecule has 0 fully saturated rings. The van der Waals surface area contributed by atoms with E-state index in [4.69, 9.17) is 14.7 Å². The molecule has 0 aliphatic rings. The van der Waals surface area contributed by atoms with Crippen LogP contribution in [0.3, 0.4) is 0 Å². The first-order valence-corrected chi connectivity index (χ1v) is 8.50. The molecule has 8 heteroatoms. The number of benzene rings is 1. The molecule has 7 nitrogen and oxygen atoms in total. The third kappa shape index (κ3) is 4.88. The van der Waals surface area contributed by atoms with E-state index in [1.807, 2.05) is 12.1 Å². The summed E-state index contributed by atoms with van der Waals surface area (Å²) in [7, 11) is 0. The van der Waals surface area contributed by atoms with Gasteiger partial charge in [0.05, 0.1) is 17.7 Å². The molecule has 1 aromatic heterocycles. The molecule has 1 aromatic carbocycles. The summed E-state index contributed by atoms with van der Waals surface area (Å²) in [6.07, 6.45) is -0.946. The number of carbonyl (C=O) groups is 2. The molecule has 1 heterocycles. The fourth-order valence-electron chi connectivity index (χ4n) is 1.97. The number of carbonyl (C=O) groups excluding carboxylic acids is 2. The van der Waals surface area contributed by atoms with Crippen molar-refractivity contribution in [1.82, 2.24) is 4.98 Å². The van der Waals surface area contributed by atoms with Crippen LogP contribution in [-0.4, -0.2) is 29.4 Å². The van der Waals surface area contributed by atoms with Crippen molar-refractivity contribution in [3.63, 3.8) is 0 Å². The van der Waals surface area contributed by atoms with Crippen molar-refractivity contribution in [3.8, 4) is 17.9 Å². The van der Waals surface area contributed by atoms with Gasteiger partial charge in [0.25, 0.3) is 0 Å². The Bertz CT molecular complexity index is 877. The molecule has 132 valence electrons. The molecular weight excluding hydrogens is 354 g/mol. The Morgan fingerprint density at radius 2 is 1.96 bits per heavy atom. The molecule has 2 rings (SSSR count). The van der Waals surface area contributed by atoms with Crippen LogP contribution >= 0.6 is 11.3 Å². The second kappa shape index (κ2) is 8.75. The number of esters is 1. The van der Waals surface area contributed by atoms with Crippen molar-refractivity contribution in [1.29, 1.82) is 10.5 Å². The van der Waals surface area contributed by atoms with Crippen molar-refractivity contribution >= 4 is 23.1 Å². The maximum atomic E-state index is 12.1. The number of Topliss-reactive ketones (excluding diaryl/α,β-unsaturated/α-hetero) is 1. The predicted octanol–water partition coefficient (Wildman–Crippen LogP) is 2.51. The molecule has 0 bridgehead atoms. The van der Waals surface area contributed by atoms with Crippen LogP contribution in [0.5, 0.6) is 5.75 Å². The third-order valence-electron chi connectivity index (χ3n) is 3.32. The first-order chi connectivity index (χ1) is 12.4. The minimum Gasteiger partial charge on any atom is -0.479 e. The van der Waals surface area contributed by atoms with Crippen molar-refractivity contribution in [3.05, 3.63) is 45.9 Å². The van der Waals surface area contributed by atoms with Crippen molar-refractivity contribution in [2.75, 3.05) is 6.61 Å². The highest BCUT2D eigenvalue weighted by Crippen LogP contribution is 2.21. The Kier molecular flexibility index (Phi) is 6.42. The van der Waals surface area contributed by atoms with Crippen LogP contribution in [0.2, 0.25) is 0 Å². The topological polar surface area (TPSA) is 113 Å². The molecule has 0 amide bonds. The van der Waals surface area contributed by atoms with Crippen LogP contribution < -0.4 is 4.74 Å². The summed E-state index contributed by atoms with van der Waals surface area (Å²) in [4.78, 5) is 28.2. The Balaban J connectivity index is 1.89. The Labute approximate surface area is 154 Å². The average Bonchev–Trinajstić information content (AvgIpc) is 3.06. The van der Waals surface area contributed by atoms with Gasteiger partial charge in [-0.15, -0.1) is 11.3 Å². The summed E-state index contributed by atoms with van der Waals surface area (Å²) < 4.78 is 10.4. The predicted molar refractivity (Wildman–Crippen MR) is 92.4 cm³/mol. The molecule has 0 aliphatic carbocycles. The summed E-state index contributed by atoms with van der Waals surface area (Å²) in [6.45, 7) is 2.72. The summed E-state index contributed by atoms with van der Waals surface area (Å²) in [5.74, 6) is -1.93. The number of thiazole rings is 1. The molecule has 0 radical (unpaired) electrons. The average molecular weight is 369 g/mol. The smallest absolute Gasteiger partial charge is 0.347 e. The summed E-state index contributed by atoms with van der Waals surface area (Å²) in [5, 5.41) is 20.0. The summed E-state index contributed by atoms with van der Waals surface area (Å²) in [5.41, 5.74) is 1.19. The molecule has 0 aliphatic heterocycles. The van der Waals surface area contributed by atoms with Gasteiger partial charge in [0.15, 0.2) is 24.4 Å². The minimum absolute atomic E-state index is 0.382. The van der Waals surface area contributed by atoms with E-state index in [-0.39, 0.29) is 0 Å². The van der Waals surface area contributed by atoms with Gasteiger partial charge in [-0.05, 0) is 38.1 Å². The number of aromatic nitrogens is 1. The van der Waals surface area contributed by atoms with Crippen LogP contribution in [0, 0.1) is 29.6 Å². The number of hydrogen-bond acceptors (Lipinski definition) is 8. The summed E-state index contributed by atoms with van der Waals surface area (Å²) in [6, 6.07) is 10.1. The van der Waals surface area contributed by atoms with E-state index in [9.17, 15) is 14.9 Å². The molecule has 0 spiro atoms. The van der Waals surface area contributed by atoms with Gasteiger partial charge < -0.3 is 9.47 Å². The van der Waals surface area contributed by atoms with Crippen molar-refractivity contribution < 1.29 is 19.1 Å². The number of nitrogens with zero attached hydrogens (tertiary/aromatic N) is 3. The van der Waals surface area contributed by atoms with Gasteiger partial charge in [-0.25, -0.2) is 9.78 Å². The molecule has 0 saturated heterocycles. The highest BCUT2D eigenvalue weighted by molar-refractivity contribution is 7.09. The van der Waals surface area contributed by atoms with Gasteiger partial charge in [0.2, 0.25) is 0 Å². The van der Waals surface area contributed by atoms with Gasteiger partial charge in [0.1, 0.15) is 10.8 Å². The lowest BCUT2D eigenvalue weighted by Gasteiger charge is -2.14. The molecule has 2 aromatic rings. The number of rotatable bonds is 7. The van der Waals surface area contributed by atoms with Crippen LogP contribution in [0.1, 0.15) is 29.1 Å². The number of ether oxygens (including phenoxy) is 2. The first-order valence-electron chi connectivity index (χ1n) is 7.62. The van der Waals surface area contributed by atoms with E-state index in [1.165, 1.54) is 18.3 Å². The minimum atomic E-state index is -1.06. The second-order valence-corrected chi connectivity index (χ2v) is 6.25. The van der Waals surface area contributed by atoms with Crippen molar-refractivity contribution in [2.45, 2.75) is 25.9 Å². The highest BCUT2D eigenvalue weighted by atomic mass is 32.1. The number of ketones is 1. The maximum absolute atomic E-state index is 12.1. The number of hydrogen-bond donors (Lipinski definition) is 0. The normalized spacial score (nSPS) is 12.3. The van der Waals surface area contributed by atoms with E-state index in [0.717, 1.165) is 5.69 Å². The SMILES string of the molecule is Cc1csc([C@@H](C#N)C(=O)COC(=O)[C@H](C)Oc2ccc(C#N)cc2)n1. The quantitative estimate of drug-likeness (QED) is 0.689. The zero-order valence-corrected chi connectivity index (χ0v) is 14.9. The van der Waals surface area contributed by atoms with Crippen molar-refractivity contribution in [2.24, 2.45) is 0 Å². The van der Waals surface area contributed by atoms with Crippen LogP contribution in [0.25, 0.3) is 0 Å². The lowest BCUT2D eigenvalue weighted by atomic mass is 10.1. The fraction of sp³-hybridized carbons (Fsp3) is 0.278. The Hall–Kier alpha value is -3.23. The van der Waals surface area contributed by atoms with Gasteiger partial charge in [-0.3, -0.25) is 4.79 Å². The lowest BCUT2D eigenvalue weighted by molar-refractivity contribution is -0.154. The van der Waals surface area contributed by atoms with E-state index >= 15 is 0 Å². The third-order valence-corrected chi connectivity index (χ3v) is 4.35. The number of aryl methyl sites for hydroxylation is 1. The maximum Gasteiger partial charge on any atom is 0.347 e. The van der Waals surface area contributed by atoms with Gasteiger partial charge >= 0.3 is 5.97 Å². The second-order valence-electron chi connectivity index (χ2n) is 5.36. The molecule has 0 unspecified atom stereocenters. The first kappa shape index (κ1) is 19.1. The molecule has 0 N–H and O–H groups in total. The Morgan fingerprint density at radius 3 is 2.50 bits per heavy atom. The zero-order chi connectivity index (χ0) is 19.1. The van der Waals surface area contributed by atoms with Crippen LogP contribution in [0.15, 0.2) is 29.6 Å². The molecule has 0 saturated carbocycles. The molecule has 26 heavy (non-hydrogen) atoms. The van der Waals surface area contributed by atoms with E-state index in [0.29, 0.717) is 16.3 Å². The zero-order valence-electron chi connectivity index (χ0n) is 14.1. The van der Waals surface area contributed by atoms with Gasteiger partial charge in [0, 0.05) is 11.1 Å². The highest BCUT2D eigenvalue weighted by Gasteiger charge is 2.26. The van der Waals surface area contributed by atoms with Gasteiger partial charge in [-0.1, -0.05) is 0 Å². The van der Waals surface area contributed by atoms with E-state index < -0.39 is 30.4 Å². The van der Waals surface area contributed by atoms with E-state index in [1.54, 1.807) is 36.6 Å². The van der Waals surface area contributed by atoms with Crippen LogP contribution in [0.4, 0.5) is 0 Å².